The maximum Gasteiger partial charge on any atom is 0.280 e. The van der Waals surface area contributed by atoms with Gasteiger partial charge in [-0.05, 0) is 29.8 Å². The number of halogens is 1. The molecule has 0 unspecified atom stereocenters. The van der Waals surface area contributed by atoms with Crippen molar-refractivity contribution in [2.45, 2.75) is 6.54 Å². The second-order valence-electron chi connectivity index (χ2n) is 5.04. The largest absolute Gasteiger partial charge is 0.370 e. The van der Waals surface area contributed by atoms with Gasteiger partial charge in [-0.1, -0.05) is 30.3 Å². The molecular formula is C17H17ClN4O. The zero-order valence-electron chi connectivity index (χ0n) is 12.3. The minimum absolute atomic E-state index is 0. The van der Waals surface area contributed by atoms with Crippen LogP contribution < -0.4 is 11.5 Å². The molecule has 0 radical (unpaired) electrons. The molecule has 2 aromatic carbocycles. The Hall–Kier alpha value is -2.79. The number of nitrogens with zero attached hydrogens (tertiary/aromatic N) is 2. The summed E-state index contributed by atoms with van der Waals surface area (Å²) in [6, 6.07) is 17.6. The Morgan fingerprint density at radius 3 is 2.48 bits per heavy atom. The van der Waals surface area contributed by atoms with E-state index in [1.165, 1.54) is 5.56 Å². The fourth-order valence-corrected chi connectivity index (χ4v) is 2.43. The lowest BCUT2D eigenvalue weighted by molar-refractivity contribution is 0.100. The van der Waals surface area contributed by atoms with Gasteiger partial charge in [0, 0.05) is 29.2 Å². The third-order valence-corrected chi connectivity index (χ3v) is 3.44. The van der Waals surface area contributed by atoms with Gasteiger partial charge in [0.15, 0.2) is 5.96 Å². The van der Waals surface area contributed by atoms with Crippen LogP contribution in [0.1, 0.15) is 15.9 Å². The van der Waals surface area contributed by atoms with Gasteiger partial charge < -0.3 is 16.0 Å². The smallest absolute Gasteiger partial charge is 0.280 e. The van der Waals surface area contributed by atoms with E-state index in [0.717, 1.165) is 17.4 Å². The summed E-state index contributed by atoms with van der Waals surface area (Å²) in [5.74, 6) is -0.663. The molecule has 0 atom stereocenters. The topological polar surface area (TPSA) is 86.4 Å². The van der Waals surface area contributed by atoms with Crippen molar-refractivity contribution in [1.82, 2.24) is 4.57 Å². The number of benzene rings is 2. The first kappa shape index (κ1) is 16.6. The van der Waals surface area contributed by atoms with Gasteiger partial charge in [0.1, 0.15) is 0 Å². The van der Waals surface area contributed by atoms with Gasteiger partial charge in [-0.25, -0.2) is 0 Å². The molecule has 0 aliphatic rings. The third kappa shape index (κ3) is 3.70. The van der Waals surface area contributed by atoms with E-state index >= 15 is 0 Å². The Morgan fingerprint density at radius 1 is 1.04 bits per heavy atom. The number of aromatic nitrogens is 1. The summed E-state index contributed by atoms with van der Waals surface area (Å²) in [6.07, 6.45) is 2.01. The highest BCUT2D eigenvalue weighted by molar-refractivity contribution is 6.03. The average Bonchev–Trinajstić information content (AvgIpc) is 2.90. The van der Waals surface area contributed by atoms with Crippen LogP contribution in [0.3, 0.4) is 0 Å². The second-order valence-corrected chi connectivity index (χ2v) is 5.04. The maximum absolute atomic E-state index is 11.8. The van der Waals surface area contributed by atoms with E-state index in [0.29, 0.717) is 5.56 Å². The Bertz CT molecular complexity index is 851. The van der Waals surface area contributed by atoms with Crippen molar-refractivity contribution in [3.8, 4) is 0 Å². The number of guanidine groups is 1. The molecule has 0 saturated heterocycles. The predicted molar refractivity (Wildman–Crippen MR) is 94.9 cm³/mol. The van der Waals surface area contributed by atoms with Gasteiger partial charge in [-0.2, -0.15) is 4.99 Å². The van der Waals surface area contributed by atoms with Crippen molar-refractivity contribution in [3.05, 3.63) is 71.9 Å². The van der Waals surface area contributed by atoms with Gasteiger partial charge in [-0.3, -0.25) is 4.79 Å². The molecule has 4 N–H and O–H groups in total. The minimum atomic E-state index is -0.433. The van der Waals surface area contributed by atoms with Crippen LogP contribution in [-0.2, 0) is 6.54 Å². The first-order valence-electron chi connectivity index (χ1n) is 6.90. The van der Waals surface area contributed by atoms with E-state index in [1.807, 2.05) is 36.5 Å². The van der Waals surface area contributed by atoms with Crippen molar-refractivity contribution < 1.29 is 4.79 Å². The zero-order chi connectivity index (χ0) is 15.5. The summed E-state index contributed by atoms with van der Waals surface area (Å²) in [7, 11) is 0. The number of carbonyl (C=O) groups excluding carboxylic acids is 1. The Morgan fingerprint density at radius 2 is 1.78 bits per heavy atom. The molecule has 0 fully saturated rings. The second kappa shape index (κ2) is 6.98. The molecule has 3 rings (SSSR count). The van der Waals surface area contributed by atoms with Crippen molar-refractivity contribution in [2.75, 3.05) is 0 Å². The monoisotopic (exact) mass is 328 g/mol. The highest BCUT2D eigenvalue weighted by atomic mass is 35.5. The summed E-state index contributed by atoms with van der Waals surface area (Å²) in [5.41, 5.74) is 13.2. The number of rotatable bonds is 3. The lowest BCUT2D eigenvalue weighted by Crippen LogP contribution is -2.24. The Labute approximate surface area is 140 Å². The number of aliphatic imine (C=N–C) groups is 1. The van der Waals surface area contributed by atoms with Crippen LogP contribution in [0.25, 0.3) is 10.9 Å². The number of nitrogens with two attached hydrogens (primary N) is 2. The van der Waals surface area contributed by atoms with E-state index in [-0.39, 0.29) is 18.4 Å². The van der Waals surface area contributed by atoms with Crippen molar-refractivity contribution >= 4 is 35.2 Å². The molecule has 1 heterocycles. The third-order valence-electron chi connectivity index (χ3n) is 3.44. The van der Waals surface area contributed by atoms with Crippen molar-refractivity contribution in [2.24, 2.45) is 16.5 Å². The van der Waals surface area contributed by atoms with Crippen LogP contribution >= 0.6 is 12.4 Å². The molecule has 1 aromatic heterocycles. The van der Waals surface area contributed by atoms with Gasteiger partial charge in [-0.15, -0.1) is 12.4 Å². The lowest BCUT2D eigenvalue weighted by atomic mass is 10.1. The number of hydrogen-bond donors (Lipinski definition) is 2. The normalized spacial score (nSPS) is 10.1. The molecule has 0 spiro atoms. The van der Waals surface area contributed by atoms with Crippen LogP contribution in [-0.4, -0.2) is 16.4 Å². The summed E-state index contributed by atoms with van der Waals surface area (Å²) in [4.78, 5) is 15.4. The van der Waals surface area contributed by atoms with Crippen molar-refractivity contribution in [1.29, 1.82) is 0 Å². The van der Waals surface area contributed by atoms with Gasteiger partial charge >= 0.3 is 0 Å². The molecule has 118 valence electrons. The predicted octanol–water partition coefficient (Wildman–Crippen LogP) is 2.53. The van der Waals surface area contributed by atoms with Crippen LogP contribution in [0.2, 0.25) is 0 Å². The van der Waals surface area contributed by atoms with Gasteiger partial charge in [0.2, 0.25) is 0 Å². The van der Waals surface area contributed by atoms with E-state index in [2.05, 4.69) is 21.7 Å². The van der Waals surface area contributed by atoms with E-state index in [9.17, 15) is 4.79 Å². The number of fused-ring (bicyclic) bond motifs is 1. The van der Waals surface area contributed by atoms with Gasteiger partial charge in [0.25, 0.3) is 5.91 Å². The highest BCUT2D eigenvalue weighted by Crippen LogP contribution is 2.19. The standard InChI is InChI=1S/C17H16N4O.ClH/c18-17(19)20-16(22)14-6-7-15-13(10-14)8-9-21(15)11-12-4-2-1-3-5-12;/h1-10H,11H2,(H4,18,19,20,22);1H. The van der Waals surface area contributed by atoms with Crippen LogP contribution in [0, 0.1) is 0 Å². The fourth-order valence-electron chi connectivity index (χ4n) is 2.43. The van der Waals surface area contributed by atoms with Gasteiger partial charge in [0.05, 0.1) is 0 Å². The number of amides is 1. The van der Waals surface area contributed by atoms with E-state index in [4.69, 9.17) is 11.5 Å². The molecule has 0 saturated carbocycles. The van der Waals surface area contributed by atoms with E-state index in [1.54, 1.807) is 12.1 Å². The van der Waals surface area contributed by atoms with Crippen molar-refractivity contribution in [3.63, 3.8) is 0 Å². The zero-order valence-corrected chi connectivity index (χ0v) is 13.2. The minimum Gasteiger partial charge on any atom is -0.370 e. The SMILES string of the molecule is Cl.NC(N)=NC(=O)c1ccc2c(ccn2Cc2ccccc2)c1. The van der Waals surface area contributed by atoms with Crippen LogP contribution in [0.15, 0.2) is 65.8 Å². The summed E-state index contributed by atoms with van der Waals surface area (Å²) < 4.78 is 2.14. The summed E-state index contributed by atoms with van der Waals surface area (Å²) in [5, 5.41) is 0.979. The molecule has 3 aromatic rings. The van der Waals surface area contributed by atoms with Crippen LogP contribution in [0.4, 0.5) is 0 Å². The fraction of sp³-hybridized carbons (Fsp3) is 0.0588. The average molecular weight is 329 g/mol. The molecule has 0 aliphatic heterocycles. The molecule has 0 aliphatic carbocycles. The van der Waals surface area contributed by atoms with Crippen LogP contribution in [0.5, 0.6) is 0 Å². The number of hydrogen-bond acceptors (Lipinski definition) is 1. The lowest BCUT2D eigenvalue weighted by Gasteiger charge is -2.06. The molecule has 23 heavy (non-hydrogen) atoms. The first-order valence-corrected chi connectivity index (χ1v) is 6.90. The molecule has 5 nitrogen and oxygen atoms in total. The highest BCUT2D eigenvalue weighted by Gasteiger charge is 2.08. The quantitative estimate of drug-likeness (QED) is 0.572. The maximum atomic E-state index is 11.8. The molecule has 1 amide bonds. The van der Waals surface area contributed by atoms with E-state index < -0.39 is 5.91 Å². The molecular weight excluding hydrogens is 312 g/mol. The number of carbonyl (C=O) groups is 1. The first-order chi connectivity index (χ1) is 10.6. The Kier molecular flexibility index (Phi) is 5.03. The Balaban J connectivity index is 0.00000192. The summed E-state index contributed by atoms with van der Waals surface area (Å²) >= 11 is 0. The molecule has 6 heteroatoms. The molecule has 0 bridgehead atoms. The summed E-state index contributed by atoms with van der Waals surface area (Å²) in [6.45, 7) is 0.783.